The van der Waals surface area contributed by atoms with Crippen molar-refractivity contribution in [2.45, 2.75) is 19.5 Å². The van der Waals surface area contributed by atoms with Crippen LogP contribution in [-0.2, 0) is 4.79 Å². The normalized spacial score (nSPS) is 16.4. The summed E-state index contributed by atoms with van der Waals surface area (Å²) in [6.45, 7) is -1.31. The Bertz CT molecular complexity index is 434. The molecule has 0 spiro atoms. The quantitative estimate of drug-likeness (QED) is 0.882. The molecule has 1 saturated heterocycles. The van der Waals surface area contributed by atoms with Gasteiger partial charge in [0.1, 0.15) is 5.75 Å². The van der Waals surface area contributed by atoms with Gasteiger partial charge in [0.15, 0.2) is 0 Å². The summed E-state index contributed by atoms with van der Waals surface area (Å²) in [5.74, 6) is -0.243. The summed E-state index contributed by atoms with van der Waals surface area (Å²) in [4.78, 5) is 12.0. The monoisotopic (exact) mass is 270 g/mol. The van der Waals surface area contributed by atoms with E-state index in [1.54, 1.807) is 18.2 Å². The highest BCUT2D eigenvalue weighted by Crippen LogP contribution is 2.26. The number of alkyl halides is 2. The number of benzene rings is 1. The Hall–Kier alpha value is -1.69. The third kappa shape index (κ3) is 3.89. The number of rotatable bonds is 4. The molecule has 1 aliphatic heterocycles. The number of carbonyl (C=O) groups excluding carboxylic acids is 1. The minimum Gasteiger partial charge on any atom is -0.433 e. The summed E-state index contributed by atoms with van der Waals surface area (Å²) in [5, 5.41) is 5.83. The number of carbonyl (C=O) groups is 1. The van der Waals surface area contributed by atoms with E-state index in [2.05, 4.69) is 15.4 Å². The van der Waals surface area contributed by atoms with Gasteiger partial charge in [-0.3, -0.25) is 4.79 Å². The molecule has 104 valence electrons. The largest absolute Gasteiger partial charge is 0.433 e. The minimum absolute atomic E-state index is 0.0141. The van der Waals surface area contributed by atoms with Crippen LogP contribution in [0.2, 0.25) is 0 Å². The van der Waals surface area contributed by atoms with Crippen LogP contribution in [0.15, 0.2) is 24.3 Å². The summed E-state index contributed by atoms with van der Waals surface area (Å²) in [7, 11) is 0. The Morgan fingerprint density at radius 2 is 2.00 bits per heavy atom. The van der Waals surface area contributed by atoms with Crippen molar-refractivity contribution in [3.63, 3.8) is 0 Å². The zero-order chi connectivity index (χ0) is 13.7. The molecule has 0 aliphatic carbocycles. The van der Waals surface area contributed by atoms with E-state index in [4.69, 9.17) is 0 Å². The van der Waals surface area contributed by atoms with Gasteiger partial charge in [-0.25, -0.2) is 0 Å². The molecule has 1 amide bonds. The first-order valence-electron chi connectivity index (χ1n) is 6.22. The maximum atomic E-state index is 12.2. The third-order valence-electron chi connectivity index (χ3n) is 3.07. The van der Waals surface area contributed by atoms with Crippen LogP contribution in [0.3, 0.4) is 0 Å². The summed E-state index contributed by atoms with van der Waals surface area (Å²) in [6, 6.07) is 6.20. The molecule has 0 aromatic heterocycles. The summed E-state index contributed by atoms with van der Waals surface area (Å²) in [6.07, 6.45) is 1.51. The van der Waals surface area contributed by atoms with Crippen LogP contribution in [-0.4, -0.2) is 25.6 Å². The predicted octanol–water partition coefficient (Wildman–Crippen LogP) is 2.23. The van der Waals surface area contributed by atoms with Gasteiger partial charge in [0, 0.05) is 5.92 Å². The first-order valence-corrected chi connectivity index (χ1v) is 6.22. The van der Waals surface area contributed by atoms with Gasteiger partial charge in [-0.15, -0.1) is 0 Å². The molecule has 1 aliphatic rings. The minimum atomic E-state index is -2.91. The van der Waals surface area contributed by atoms with Crippen LogP contribution in [0.1, 0.15) is 12.8 Å². The highest BCUT2D eigenvalue weighted by Gasteiger charge is 2.22. The molecule has 0 unspecified atom stereocenters. The topological polar surface area (TPSA) is 50.4 Å². The van der Waals surface area contributed by atoms with Crippen molar-refractivity contribution in [2.24, 2.45) is 5.92 Å². The molecule has 1 aromatic rings. The second-order valence-corrected chi connectivity index (χ2v) is 4.39. The molecule has 1 aromatic carbocycles. The van der Waals surface area contributed by atoms with Crippen molar-refractivity contribution >= 4 is 11.6 Å². The van der Waals surface area contributed by atoms with E-state index in [9.17, 15) is 13.6 Å². The fourth-order valence-electron chi connectivity index (χ4n) is 2.09. The lowest BCUT2D eigenvalue weighted by atomic mass is 9.97. The molecule has 1 fully saturated rings. The Morgan fingerprint density at radius 3 is 2.68 bits per heavy atom. The van der Waals surface area contributed by atoms with E-state index in [0.717, 1.165) is 25.9 Å². The maximum Gasteiger partial charge on any atom is 0.387 e. The molecular formula is C13H16F2N2O2. The molecule has 0 radical (unpaired) electrons. The van der Waals surface area contributed by atoms with E-state index in [1.807, 2.05) is 0 Å². The van der Waals surface area contributed by atoms with Gasteiger partial charge in [0.2, 0.25) is 5.91 Å². The number of ether oxygens (including phenoxy) is 1. The lowest BCUT2D eigenvalue weighted by molar-refractivity contribution is -0.120. The number of anilines is 1. The van der Waals surface area contributed by atoms with Crippen molar-refractivity contribution in [3.8, 4) is 5.75 Å². The lowest BCUT2D eigenvalue weighted by Gasteiger charge is -2.22. The molecular weight excluding hydrogens is 254 g/mol. The van der Waals surface area contributed by atoms with Gasteiger partial charge in [-0.1, -0.05) is 12.1 Å². The van der Waals surface area contributed by atoms with Crippen molar-refractivity contribution < 1.29 is 18.3 Å². The number of halogens is 2. The first kappa shape index (κ1) is 13.7. The van der Waals surface area contributed by atoms with Crippen LogP contribution in [0.5, 0.6) is 5.75 Å². The number of amides is 1. The first-order chi connectivity index (χ1) is 9.16. The summed E-state index contributed by atoms with van der Waals surface area (Å²) in [5.41, 5.74) is 0.284. The molecule has 2 N–H and O–H groups in total. The molecule has 4 nitrogen and oxygen atoms in total. The molecule has 19 heavy (non-hydrogen) atoms. The Kier molecular flexibility index (Phi) is 4.68. The predicted molar refractivity (Wildman–Crippen MR) is 67.3 cm³/mol. The number of para-hydroxylation sites is 2. The molecule has 2 rings (SSSR count). The number of piperidine rings is 1. The Balaban J connectivity index is 2.03. The van der Waals surface area contributed by atoms with Gasteiger partial charge >= 0.3 is 6.61 Å². The zero-order valence-corrected chi connectivity index (χ0v) is 10.4. The molecule has 6 heteroatoms. The SMILES string of the molecule is O=C(Nc1ccccc1OC(F)F)C1CCNCC1. The standard InChI is InChI=1S/C13H16F2N2O2/c14-13(15)19-11-4-2-1-3-10(11)17-12(18)9-5-7-16-8-6-9/h1-4,9,13,16H,5-8H2,(H,17,18). The van der Waals surface area contributed by atoms with Gasteiger partial charge in [-0.2, -0.15) is 8.78 Å². The van der Waals surface area contributed by atoms with Crippen LogP contribution in [0, 0.1) is 5.92 Å². The van der Waals surface area contributed by atoms with Crippen molar-refractivity contribution in [2.75, 3.05) is 18.4 Å². The van der Waals surface area contributed by atoms with Crippen molar-refractivity contribution in [1.82, 2.24) is 5.32 Å². The van der Waals surface area contributed by atoms with Crippen LogP contribution in [0.25, 0.3) is 0 Å². The fourth-order valence-corrected chi connectivity index (χ4v) is 2.09. The highest BCUT2D eigenvalue weighted by molar-refractivity contribution is 5.94. The van der Waals surface area contributed by atoms with Crippen LogP contribution < -0.4 is 15.4 Å². The van der Waals surface area contributed by atoms with Gasteiger partial charge in [0.25, 0.3) is 0 Å². The lowest BCUT2D eigenvalue weighted by Crippen LogP contribution is -2.34. The van der Waals surface area contributed by atoms with E-state index in [-0.39, 0.29) is 23.3 Å². The molecule has 1 heterocycles. The second-order valence-electron chi connectivity index (χ2n) is 4.39. The van der Waals surface area contributed by atoms with E-state index in [1.165, 1.54) is 6.07 Å². The Morgan fingerprint density at radius 1 is 1.32 bits per heavy atom. The third-order valence-corrected chi connectivity index (χ3v) is 3.07. The van der Waals surface area contributed by atoms with E-state index >= 15 is 0 Å². The van der Waals surface area contributed by atoms with E-state index < -0.39 is 6.61 Å². The van der Waals surface area contributed by atoms with Gasteiger partial charge in [0.05, 0.1) is 5.69 Å². The zero-order valence-electron chi connectivity index (χ0n) is 10.4. The summed E-state index contributed by atoms with van der Waals surface area (Å²) < 4.78 is 28.9. The average Bonchev–Trinajstić information content (AvgIpc) is 2.41. The fraction of sp³-hybridized carbons (Fsp3) is 0.462. The van der Waals surface area contributed by atoms with Gasteiger partial charge in [-0.05, 0) is 38.1 Å². The molecule has 0 bridgehead atoms. The van der Waals surface area contributed by atoms with Crippen LogP contribution >= 0.6 is 0 Å². The number of hydrogen-bond donors (Lipinski definition) is 2. The average molecular weight is 270 g/mol. The van der Waals surface area contributed by atoms with Crippen LogP contribution in [0.4, 0.5) is 14.5 Å². The summed E-state index contributed by atoms with van der Waals surface area (Å²) >= 11 is 0. The smallest absolute Gasteiger partial charge is 0.387 e. The molecule has 0 atom stereocenters. The highest BCUT2D eigenvalue weighted by atomic mass is 19.3. The maximum absolute atomic E-state index is 12.2. The van der Waals surface area contributed by atoms with Crippen molar-refractivity contribution in [3.05, 3.63) is 24.3 Å². The second kappa shape index (κ2) is 6.47. The number of nitrogens with one attached hydrogen (secondary N) is 2. The number of hydrogen-bond acceptors (Lipinski definition) is 3. The van der Waals surface area contributed by atoms with Gasteiger partial charge < -0.3 is 15.4 Å². The van der Waals surface area contributed by atoms with E-state index in [0.29, 0.717) is 0 Å². The molecule has 0 saturated carbocycles. The van der Waals surface area contributed by atoms with Crippen molar-refractivity contribution in [1.29, 1.82) is 0 Å². The Labute approximate surface area is 110 Å².